The van der Waals surface area contributed by atoms with Crippen LogP contribution in [0.25, 0.3) is 0 Å². The molecule has 0 saturated carbocycles. The van der Waals surface area contributed by atoms with E-state index in [4.69, 9.17) is 16.6 Å². The Hall–Kier alpha value is -2.98. The maximum Gasteiger partial charge on any atom is 0.326 e. The van der Waals surface area contributed by atoms with Crippen LogP contribution in [-0.2, 0) is 25.6 Å². The molecule has 0 bridgehead atoms. The number of carboxylic acid groups (broad SMARTS) is 2. The van der Waals surface area contributed by atoms with Crippen molar-refractivity contribution in [2.75, 3.05) is 6.54 Å². The molecular weight excluding hydrogens is 380 g/mol. The van der Waals surface area contributed by atoms with Crippen LogP contribution in [0.5, 0.6) is 0 Å². The lowest BCUT2D eigenvalue weighted by Crippen LogP contribution is -2.55. The molecule has 0 aliphatic rings. The Morgan fingerprint density at radius 1 is 0.931 bits per heavy atom. The highest BCUT2D eigenvalue weighted by Crippen LogP contribution is 2.05. The molecule has 2 amide bonds. The van der Waals surface area contributed by atoms with Gasteiger partial charge in [-0.3, -0.25) is 14.4 Å². The van der Waals surface area contributed by atoms with Gasteiger partial charge in [-0.05, 0) is 37.8 Å². The van der Waals surface area contributed by atoms with Crippen molar-refractivity contribution in [3.8, 4) is 0 Å². The zero-order chi connectivity index (χ0) is 21.8. The van der Waals surface area contributed by atoms with Crippen molar-refractivity contribution >= 4 is 23.8 Å². The highest BCUT2D eigenvalue weighted by molar-refractivity contribution is 5.94. The lowest BCUT2D eigenvalue weighted by atomic mass is 10.0. The van der Waals surface area contributed by atoms with Crippen LogP contribution in [0, 0.1) is 0 Å². The summed E-state index contributed by atoms with van der Waals surface area (Å²) in [6.07, 6.45) is 0.699. The summed E-state index contributed by atoms with van der Waals surface area (Å²) in [7, 11) is 0. The molecule has 160 valence electrons. The molecule has 0 aromatic heterocycles. The van der Waals surface area contributed by atoms with Crippen molar-refractivity contribution < 1.29 is 29.4 Å². The van der Waals surface area contributed by atoms with Crippen molar-refractivity contribution in [1.82, 2.24) is 10.6 Å². The summed E-state index contributed by atoms with van der Waals surface area (Å²) in [5.74, 6) is -4.17. The molecule has 3 atom stereocenters. The van der Waals surface area contributed by atoms with Gasteiger partial charge in [0.15, 0.2) is 0 Å². The van der Waals surface area contributed by atoms with E-state index in [0.717, 1.165) is 5.56 Å². The average molecular weight is 408 g/mol. The van der Waals surface area contributed by atoms with Crippen LogP contribution in [-0.4, -0.2) is 58.6 Å². The summed E-state index contributed by atoms with van der Waals surface area (Å²) >= 11 is 0. The van der Waals surface area contributed by atoms with Gasteiger partial charge in [-0.2, -0.15) is 0 Å². The summed E-state index contributed by atoms with van der Waals surface area (Å²) < 4.78 is 0. The summed E-state index contributed by atoms with van der Waals surface area (Å²) in [6.45, 7) is 0.386. The molecule has 0 aliphatic heterocycles. The topological polar surface area (TPSA) is 185 Å². The number of carboxylic acids is 2. The molecule has 10 heteroatoms. The number of aliphatic carboxylic acids is 2. The number of nitrogens with two attached hydrogens (primary N) is 2. The zero-order valence-corrected chi connectivity index (χ0v) is 16.0. The van der Waals surface area contributed by atoms with Crippen molar-refractivity contribution in [3.63, 3.8) is 0 Å². The first kappa shape index (κ1) is 24.1. The Bertz CT molecular complexity index is 697. The summed E-state index contributed by atoms with van der Waals surface area (Å²) in [4.78, 5) is 47.2. The second kappa shape index (κ2) is 12.5. The molecule has 0 aliphatic carbocycles. The number of unbranched alkanes of at least 4 members (excludes halogenated alkanes) is 1. The largest absolute Gasteiger partial charge is 0.481 e. The van der Waals surface area contributed by atoms with Gasteiger partial charge in [0.05, 0.1) is 12.5 Å². The van der Waals surface area contributed by atoms with E-state index in [9.17, 15) is 24.3 Å². The highest BCUT2D eigenvalue weighted by atomic mass is 16.4. The summed E-state index contributed by atoms with van der Waals surface area (Å²) in [5.41, 5.74) is 12.0. The lowest BCUT2D eigenvalue weighted by molar-refractivity contribution is -0.143. The maximum absolute atomic E-state index is 12.4. The zero-order valence-electron chi connectivity index (χ0n) is 16.0. The fourth-order valence-electron chi connectivity index (χ4n) is 2.65. The van der Waals surface area contributed by atoms with Gasteiger partial charge in [-0.15, -0.1) is 0 Å². The minimum atomic E-state index is -1.45. The molecule has 1 aromatic rings. The van der Waals surface area contributed by atoms with E-state index in [-0.39, 0.29) is 12.8 Å². The lowest BCUT2D eigenvalue weighted by Gasteiger charge is -2.22. The molecule has 0 heterocycles. The minimum absolute atomic E-state index is 0.138. The van der Waals surface area contributed by atoms with Crippen LogP contribution < -0.4 is 22.1 Å². The molecule has 1 rings (SSSR count). The molecule has 29 heavy (non-hydrogen) atoms. The highest BCUT2D eigenvalue weighted by Gasteiger charge is 2.29. The van der Waals surface area contributed by atoms with E-state index in [2.05, 4.69) is 10.6 Å². The van der Waals surface area contributed by atoms with Gasteiger partial charge >= 0.3 is 11.9 Å². The third-order valence-corrected chi connectivity index (χ3v) is 4.21. The van der Waals surface area contributed by atoms with Crippen LogP contribution in [0.4, 0.5) is 0 Å². The van der Waals surface area contributed by atoms with E-state index in [0.29, 0.717) is 19.4 Å². The van der Waals surface area contributed by atoms with Crippen molar-refractivity contribution in [3.05, 3.63) is 35.9 Å². The summed E-state index contributed by atoms with van der Waals surface area (Å²) in [5, 5.41) is 22.9. The molecule has 3 unspecified atom stereocenters. The number of carbonyl (C=O) groups excluding carboxylic acids is 2. The van der Waals surface area contributed by atoms with Gasteiger partial charge in [0.2, 0.25) is 11.8 Å². The fourth-order valence-corrected chi connectivity index (χ4v) is 2.65. The molecule has 1 aromatic carbocycles. The van der Waals surface area contributed by atoms with Gasteiger partial charge in [-0.25, -0.2) is 4.79 Å². The van der Waals surface area contributed by atoms with Crippen LogP contribution in [0.3, 0.4) is 0 Å². The number of benzene rings is 1. The van der Waals surface area contributed by atoms with Crippen LogP contribution >= 0.6 is 0 Å². The smallest absolute Gasteiger partial charge is 0.326 e. The Balaban J connectivity index is 2.75. The van der Waals surface area contributed by atoms with Crippen molar-refractivity contribution in [1.29, 1.82) is 0 Å². The number of amides is 2. The van der Waals surface area contributed by atoms with E-state index in [1.807, 2.05) is 6.07 Å². The Morgan fingerprint density at radius 3 is 2.10 bits per heavy atom. The number of nitrogens with one attached hydrogen (secondary N) is 2. The fraction of sp³-hybridized carbons (Fsp3) is 0.474. The van der Waals surface area contributed by atoms with Crippen molar-refractivity contribution in [2.45, 2.75) is 50.2 Å². The standard InChI is InChI=1S/C19H28N4O6/c20-9-5-4-8-14(19(28)29)22-18(27)15(11-16(24)25)23-17(26)13(21)10-12-6-2-1-3-7-12/h1-3,6-7,13-15H,4-5,8-11,20-21H2,(H,22,27)(H,23,26)(H,24,25)(H,28,29). The van der Waals surface area contributed by atoms with E-state index >= 15 is 0 Å². The van der Waals surface area contributed by atoms with Gasteiger partial charge < -0.3 is 32.3 Å². The van der Waals surface area contributed by atoms with Crippen LogP contribution in [0.1, 0.15) is 31.2 Å². The molecule has 0 spiro atoms. The Kier molecular flexibility index (Phi) is 10.3. The van der Waals surface area contributed by atoms with E-state index in [1.54, 1.807) is 24.3 Å². The quantitative estimate of drug-likeness (QED) is 0.229. The Morgan fingerprint density at radius 2 is 1.55 bits per heavy atom. The molecular formula is C19H28N4O6. The summed E-state index contributed by atoms with van der Waals surface area (Å²) in [6, 6.07) is 5.31. The second-order valence-corrected chi connectivity index (χ2v) is 6.64. The first-order chi connectivity index (χ1) is 13.7. The number of hydrogen-bond acceptors (Lipinski definition) is 6. The van der Waals surface area contributed by atoms with Crippen LogP contribution in [0.2, 0.25) is 0 Å². The molecule has 8 N–H and O–H groups in total. The van der Waals surface area contributed by atoms with Gasteiger partial charge in [-0.1, -0.05) is 30.3 Å². The first-order valence-electron chi connectivity index (χ1n) is 9.29. The average Bonchev–Trinajstić information content (AvgIpc) is 2.66. The molecule has 0 saturated heterocycles. The predicted octanol–water partition coefficient (Wildman–Crippen LogP) is -0.786. The first-order valence-corrected chi connectivity index (χ1v) is 9.29. The van der Waals surface area contributed by atoms with Crippen molar-refractivity contribution in [2.24, 2.45) is 11.5 Å². The predicted molar refractivity (Wildman–Crippen MR) is 105 cm³/mol. The minimum Gasteiger partial charge on any atom is -0.481 e. The normalized spacial score (nSPS) is 13.7. The number of carbonyl (C=O) groups is 4. The van der Waals surface area contributed by atoms with Crippen LogP contribution in [0.15, 0.2) is 30.3 Å². The number of rotatable bonds is 13. The SMILES string of the molecule is NCCCCC(NC(=O)C(CC(=O)O)NC(=O)C(N)Cc1ccccc1)C(=O)O. The molecule has 0 fully saturated rings. The maximum atomic E-state index is 12.4. The van der Waals surface area contributed by atoms with Gasteiger partial charge in [0.25, 0.3) is 0 Å². The third-order valence-electron chi connectivity index (χ3n) is 4.21. The van der Waals surface area contributed by atoms with E-state index < -0.39 is 48.3 Å². The van der Waals surface area contributed by atoms with Gasteiger partial charge in [0, 0.05) is 0 Å². The van der Waals surface area contributed by atoms with Gasteiger partial charge in [0.1, 0.15) is 12.1 Å². The molecule has 10 nitrogen and oxygen atoms in total. The molecule has 0 radical (unpaired) electrons. The number of hydrogen-bond donors (Lipinski definition) is 6. The second-order valence-electron chi connectivity index (χ2n) is 6.64. The third kappa shape index (κ3) is 9.17. The van der Waals surface area contributed by atoms with E-state index in [1.165, 1.54) is 0 Å². The monoisotopic (exact) mass is 408 g/mol. The Labute approximate surface area is 168 Å².